The first-order chi connectivity index (χ1) is 9.97. The summed E-state index contributed by atoms with van der Waals surface area (Å²) < 4.78 is 1.28. The van der Waals surface area contributed by atoms with Crippen LogP contribution in [0.5, 0.6) is 0 Å². The van der Waals surface area contributed by atoms with Crippen LogP contribution in [0.2, 0.25) is 0 Å². The highest BCUT2D eigenvalue weighted by molar-refractivity contribution is 5.48. The zero-order chi connectivity index (χ0) is 15.0. The van der Waals surface area contributed by atoms with Crippen LogP contribution < -0.4 is 5.32 Å². The minimum atomic E-state index is -0.471. The van der Waals surface area contributed by atoms with Gasteiger partial charge in [0.15, 0.2) is 5.82 Å². The van der Waals surface area contributed by atoms with Crippen molar-refractivity contribution in [2.45, 2.75) is 45.6 Å². The van der Waals surface area contributed by atoms with E-state index < -0.39 is 4.92 Å². The Morgan fingerprint density at radius 2 is 2.24 bits per heavy atom. The fourth-order valence-corrected chi connectivity index (χ4v) is 3.00. The Balaban J connectivity index is 1.90. The maximum absolute atomic E-state index is 11.0. The molecule has 0 spiro atoms. The fourth-order valence-electron chi connectivity index (χ4n) is 3.00. The summed E-state index contributed by atoms with van der Waals surface area (Å²) in [5, 5.41) is 18.7. The third-order valence-electron chi connectivity index (χ3n) is 4.36. The summed E-state index contributed by atoms with van der Waals surface area (Å²) in [6.07, 6.45) is 5.97. The molecular weight excluding hydrogens is 270 g/mol. The van der Waals surface area contributed by atoms with Gasteiger partial charge in [-0.2, -0.15) is 0 Å². The molecule has 7 nitrogen and oxygen atoms in total. The first kappa shape index (κ1) is 13.8. The van der Waals surface area contributed by atoms with Crippen LogP contribution in [-0.2, 0) is 0 Å². The van der Waals surface area contributed by atoms with Crippen LogP contribution in [-0.4, -0.2) is 25.6 Å². The molecule has 21 heavy (non-hydrogen) atoms. The molecule has 1 saturated carbocycles. The Bertz CT molecular complexity index is 679. The molecule has 0 saturated heterocycles. The van der Waals surface area contributed by atoms with Crippen LogP contribution in [0.15, 0.2) is 18.3 Å². The third kappa shape index (κ3) is 2.55. The van der Waals surface area contributed by atoms with Gasteiger partial charge in [-0.15, -0.1) is 0 Å². The molecule has 0 amide bonds. The van der Waals surface area contributed by atoms with Crippen LogP contribution in [0, 0.1) is 15.5 Å². The Hall–Kier alpha value is -2.18. The zero-order valence-electron chi connectivity index (χ0n) is 12.2. The van der Waals surface area contributed by atoms with Crippen LogP contribution >= 0.6 is 0 Å². The minimum Gasteiger partial charge on any atom is -0.364 e. The Morgan fingerprint density at radius 1 is 1.43 bits per heavy atom. The van der Waals surface area contributed by atoms with E-state index in [1.807, 2.05) is 6.07 Å². The SMILES string of the molecule is CC1(C)CCCCC1Nc1ccc2ncc([N+](=O)[O-])n2n1. The van der Waals surface area contributed by atoms with Gasteiger partial charge >= 0.3 is 5.82 Å². The largest absolute Gasteiger partial charge is 0.368 e. The maximum atomic E-state index is 11.0. The molecule has 2 heterocycles. The lowest BCUT2D eigenvalue weighted by atomic mass is 9.73. The Labute approximate surface area is 122 Å². The number of nitrogens with one attached hydrogen (secondary N) is 1. The quantitative estimate of drug-likeness (QED) is 0.693. The van der Waals surface area contributed by atoms with Gasteiger partial charge in [-0.25, -0.2) is 4.98 Å². The summed E-state index contributed by atoms with van der Waals surface area (Å²) >= 11 is 0. The topological polar surface area (TPSA) is 85.4 Å². The summed E-state index contributed by atoms with van der Waals surface area (Å²) in [7, 11) is 0. The summed E-state index contributed by atoms with van der Waals surface area (Å²) in [5.74, 6) is 0.542. The van der Waals surface area contributed by atoms with E-state index in [0.717, 1.165) is 6.42 Å². The summed E-state index contributed by atoms with van der Waals surface area (Å²) in [4.78, 5) is 14.5. The Morgan fingerprint density at radius 3 is 2.95 bits per heavy atom. The maximum Gasteiger partial charge on any atom is 0.368 e. The van der Waals surface area contributed by atoms with Crippen molar-refractivity contribution in [1.82, 2.24) is 14.6 Å². The molecular formula is C14H19N5O2. The molecule has 2 aromatic heterocycles. The molecule has 1 fully saturated rings. The molecule has 0 aromatic carbocycles. The first-order valence-corrected chi connectivity index (χ1v) is 7.23. The van der Waals surface area contributed by atoms with Gasteiger partial charge in [0, 0.05) is 12.1 Å². The summed E-state index contributed by atoms with van der Waals surface area (Å²) in [5.41, 5.74) is 0.686. The fraction of sp³-hybridized carbons (Fsp3) is 0.571. The van der Waals surface area contributed by atoms with Gasteiger partial charge in [0.2, 0.25) is 5.65 Å². The van der Waals surface area contributed by atoms with Crippen molar-refractivity contribution in [3.63, 3.8) is 0 Å². The van der Waals surface area contributed by atoms with E-state index >= 15 is 0 Å². The van der Waals surface area contributed by atoms with Crippen molar-refractivity contribution in [3.8, 4) is 0 Å². The van der Waals surface area contributed by atoms with Crippen LogP contribution in [0.4, 0.5) is 11.6 Å². The molecule has 0 bridgehead atoms. The number of imidazole rings is 1. The summed E-state index contributed by atoms with van der Waals surface area (Å²) in [6, 6.07) is 3.91. The van der Waals surface area contributed by atoms with Crippen molar-refractivity contribution >= 4 is 17.3 Å². The standard InChI is InChI=1S/C14H19N5O2/c1-14(2)8-4-3-5-10(14)16-11-6-7-12-15-9-13(19(20)21)18(12)17-11/h6-7,9-10H,3-5,8H2,1-2H3,(H,16,17). The second-order valence-corrected chi connectivity index (χ2v) is 6.29. The lowest BCUT2D eigenvalue weighted by Gasteiger charge is -2.39. The third-order valence-corrected chi connectivity index (χ3v) is 4.36. The normalized spacial score (nSPS) is 21.3. The highest BCUT2D eigenvalue weighted by atomic mass is 16.6. The van der Waals surface area contributed by atoms with Gasteiger partial charge < -0.3 is 15.4 Å². The van der Waals surface area contributed by atoms with Gasteiger partial charge in [0.1, 0.15) is 6.20 Å². The molecule has 112 valence electrons. The Kier molecular flexibility index (Phi) is 3.27. The minimum absolute atomic E-state index is 0.114. The van der Waals surface area contributed by atoms with E-state index in [1.165, 1.54) is 30.0 Å². The smallest absolute Gasteiger partial charge is 0.364 e. The number of anilines is 1. The van der Waals surface area contributed by atoms with Gasteiger partial charge in [-0.1, -0.05) is 36.3 Å². The van der Waals surface area contributed by atoms with E-state index in [0.29, 0.717) is 17.5 Å². The van der Waals surface area contributed by atoms with E-state index in [9.17, 15) is 10.1 Å². The van der Waals surface area contributed by atoms with Crippen molar-refractivity contribution in [2.24, 2.45) is 5.41 Å². The van der Waals surface area contributed by atoms with Crippen molar-refractivity contribution in [2.75, 3.05) is 5.32 Å². The lowest BCUT2D eigenvalue weighted by molar-refractivity contribution is -0.391. The van der Waals surface area contributed by atoms with Crippen LogP contribution in [0.3, 0.4) is 0 Å². The molecule has 1 aliphatic rings. The van der Waals surface area contributed by atoms with E-state index in [4.69, 9.17) is 0 Å². The van der Waals surface area contributed by atoms with E-state index in [1.54, 1.807) is 6.07 Å². The monoisotopic (exact) mass is 289 g/mol. The average Bonchev–Trinajstić information content (AvgIpc) is 2.84. The van der Waals surface area contributed by atoms with Crippen LogP contribution in [0.25, 0.3) is 5.65 Å². The molecule has 0 aliphatic heterocycles. The molecule has 2 aromatic rings. The number of nitro groups is 1. The number of rotatable bonds is 3. The molecule has 0 radical (unpaired) electrons. The highest BCUT2D eigenvalue weighted by Crippen LogP contribution is 2.37. The van der Waals surface area contributed by atoms with E-state index in [2.05, 4.69) is 29.2 Å². The van der Waals surface area contributed by atoms with Gasteiger partial charge in [-0.3, -0.25) is 0 Å². The zero-order valence-corrected chi connectivity index (χ0v) is 12.2. The number of nitrogens with zero attached hydrogens (tertiary/aromatic N) is 4. The van der Waals surface area contributed by atoms with Gasteiger partial charge in [0.05, 0.1) is 0 Å². The van der Waals surface area contributed by atoms with Crippen molar-refractivity contribution in [1.29, 1.82) is 0 Å². The lowest BCUT2D eigenvalue weighted by Crippen LogP contribution is -2.39. The number of hydrogen-bond acceptors (Lipinski definition) is 5. The number of hydrogen-bond donors (Lipinski definition) is 1. The highest BCUT2D eigenvalue weighted by Gasteiger charge is 2.32. The molecule has 1 N–H and O–H groups in total. The average molecular weight is 289 g/mol. The predicted octanol–water partition coefficient (Wildman–Crippen LogP) is 3.02. The van der Waals surface area contributed by atoms with E-state index in [-0.39, 0.29) is 11.2 Å². The molecule has 1 unspecified atom stereocenters. The second-order valence-electron chi connectivity index (χ2n) is 6.29. The first-order valence-electron chi connectivity index (χ1n) is 7.23. The van der Waals surface area contributed by atoms with Gasteiger partial charge in [-0.05, 0) is 29.2 Å². The molecule has 7 heteroatoms. The van der Waals surface area contributed by atoms with Crippen molar-refractivity contribution in [3.05, 3.63) is 28.4 Å². The van der Waals surface area contributed by atoms with Gasteiger partial charge in [0.25, 0.3) is 0 Å². The number of fused-ring (bicyclic) bond motifs is 1. The summed E-state index contributed by atoms with van der Waals surface area (Å²) in [6.45, 7) is 4.50. The van der Waals surface area contributed by atoms with Crippen LogP contribution in [0.1, 0.15) is 39.5 Å². The predicted molar refractivity (Wildman–Crippen MR) is 79.3 cm³/mol. The van der Waals surface area contributed by atoms with Crippen molar-refractivity contribution < 1.29 is 4.92 Å². The number of aromatic nitrogens is 3. The molecule has 3 rings (SSSR count). The second kappa shape index (κ2) is 4.98. The molecule has 1 atom stereocenters. The molecule has 1 aliphatic carbocycles.